The fourth-order valence-corrected chi connectivity index (χ4v) is 4.03. The van der Waals surface area contributed by atoms with E-state index in [9.17, 15) is 4.79 Å². The van der Waals surface area contributed by atoms with Gasteiger partial charge in [0, 0.05) is 35.0 Å². The van der Waals surface area contributed by atoms with Crippen molar-refractivity contribution in [3.8, 4) is 0 Å². The van der Waals surface area contributed by atoms with Gasteiger partial charge in [0.05, 0.1) is 12.3 Å². The zero-order valence-electron chi connectivity index (χ0n) is 18.6. The minimum Gasteiger partial charge on any atom is -0.359 e. The van der Waals surface area contributed by atoms with Crippen LogP contribution in [0.3, 0.4) is 0 Å². The zero-order chi connectivity index (χ0) is 23.0. The van der Waals surface area contributed by atoms with Gasteiger partial charge in [-0.25, -0.2) is 0 Å². The lowest BCUT2D eigenvalue weighted by Crippen LogP contribution is -2.35. The molecular formula is C22H30ClN5OS. The number of thiophene rings is 1. The van der Waals surface area contributed by atoms with Crippen molar-refractivity contribution < 1.29 is 4.79 Å². The summed E-state index contributed by atoms with van der Waals surface area (Å²) < 4.78 is 0. The SMILES string of the molecule is CC.CC(=N)N1C(=N)CN=C(c2ccc(Cl)cc2)c2c1sc(C)c2C.CNC(C)=O. The summed E-state index contributed by atoms with van der Waals surface area (Å²) in [5, 5.41) is 20.3. The Morgan fingerprint density at radius 1 is 1.20 bits per heavy atom. The molecular weight excluding hydrogens is 418 g/mol. The van der Waals surface area contributed by atoms with Gasteiger partial charge in [-0.05, 0) is 38.5 Å². The Bertz CT molecular complexity index is 947. The van der Waals surface area contributed by atoms with E-state index in [1.165, 1.54) is 11.8 Å². The molecule has 1 amide bonds. The summed E-state index contributed by atoms with van der Waals surface area (Å²) in [5.74, 6) is 0.666. The summed E-state index contributed by atoms with van der Waals surface area (Å²) in [7, 11) is 1.60. The summed E-state index contributed by atoms with van der Waals surface area (Å²) in [4.78, 5) is 17.2. The number of aryl methyl sites for hydroxylation is 1. The first kappa shape index (κ1) is 25.5. The Balaban J connectivity index is 0.000000565. The molecule has 0 bridgehead atoms. The lowest BCUT2D eigenvalue weighted by atomic mass is 10.00. The maximum Gasteiger partial charge on any atom is 0.216 e. The van der Waals surface area contributed by atoms with Crippen molar-refractivity contribution in [1.29, 1.82) is 10.8 Å². The van der Waals surface area contributed by atoms with Gasteiger partial charge in [0.15, 0.2) is 0 Å². The molecule has 0 spiro atoms. The smallest absolute Gasteiger partial charge is 0.216 e. The third-order valence-corrected chi connectivity index (χ3v) is 5.71. The van der Waals surface area contributed by atoms with E-state index >= 15 is 0 Å². The lowest BCUT2D eigenvalue weighted by Gasteiger charge is -2.21. The van der Waals surface area contributed by atoms with Gasteiger partial charge in [0.1, 0.15) is 16.7 Å². The van der Waals surface area contributed by atoms with E-state index in [0.717, 1.165) is 27.4 Å². The average molecular weight is 448 g/mol. The predicted molar refractivity (Wildman–Crippen MR) is 130 cm³/mol. The Labute approximate surface area is 188 Å². The number of amides is 1. The van der Waals surface area contributed by atoms with E-state index in [1.807, 2.05) is 38.1 Å². The van der Waals surface area contributed by atoms with E-state index in [-0.39, 0.29) is 12.5 Å². The van der Waals surface area contributed by atoms with Crippen LogP contribution in [0.25, 0.3) is 0 Å². The molecule has 1 aliphatic rings. The van der Waals surface area contributed by atoms with E-state index in [4.69, 9.17) is 22.4 Å². The highest BCUT2D eigenvalue weighted by molar-refractivity contribution is 7.17. The highest BCUT2D eigenvalue weighted by Gasteiger charge is 2.28. The molecule has 2 aromatic rings. The van der Waals surface area contributed by atoms with Gasteiger partial charge in [0.2, 0.25) is 5.91 Å². The van der Waals surface area contributed by atoms with Crippen LogP contribution in [0, 0.1) is 24.7 Å². The first-order valence-corrected chi connectivity index (χ1v) is 10.9. The molecule has 0 atom stereocenters. The number of hydrogen-bond donors (Lipinski definition) is 3. The zero-order valence-corrected chi connectivity index (χ0v) is 20.2. The standard InChI is InChI=1S/C17H17ClN4S.C3H7NO.C2H6/c1-9-10(2)23-17-15(9)16(12-4-6-13(18)7-5-12)21-8-14(20)22(17)11(3)19;1-3(5)4-2;1-2/h4-7,19-20H,8H2,1-3H3;1-2H3,(H,4,5);1-2H3. The van der Waals surface area contributed by atoms with Gasteiger partial charge in [-0.3, -0.25) is 25.5 Å². The molecule has 0 radical (unpaired) electrons. The van der Waals surface area contributed by atoms with Gasteiger partial charge in [-0.15, -0.1) is 11.3 Å². The minimum atomic E-state index is 0.00463. The lowest BCUT2D eigenvalue weighted by molar-refractivity contribution is -0.118. The summed E-state index contributed by atoms with van der Waals surface area (Å²) in [6.07, 6.45) is 0. The fraction of sp³-hybridized carbons (Fsp3) is 0.364. The van der Waals surface area contributed by atoms with Crippen molar-refractivity contribution in [3.63, 3.8) is 0 Å². The maximum absolute atomic E-state index is 9.70. The van der Waals surface area contributed by atoms with Crippen LogP contribution in [0.5, 0.6) is 0 Å². The number of nitrogens with one attached hydrogen (secondary N) is 3. The normalized spacial score (nSPS) is 12.3. The monoisotopic (exact) mass is 447 g/mol. The van der Waals surface area contributed by atoms with Crippen molar-refractivity contribution in [2.24, 2.45) is 4.99 Å². The molecule has 1 aromatic carbocycles. The Morgan fingerprint density at radius 3 is 2.20 bits per heavy atom. The molecule has 0 saturated carbocycles. The van der Waals surface area contributed by atoms with Crippen LogP contribution >= 0.6 is 22.9 Å². The third kappa shape index (κ3) is 6.00. The van der Waals surface area contributed by atoms with Gasteiger partial charge < -0.3 is 5.32 Å². The summed E-state index contributed by atoms with van der Waals surface area (Å²) in [6, 6.07) is 7.61. The molecule has 3 N–H and O–H groups in total. The number of aliphatic imine (C=N–C) groups is 1. The maximum atomic E-state index is 9.70. The molecule has 8 heteroatoms. The molecule has 1 aromatic heterocycles. The highest BCUT2D eigenvalue weighted by atomic mass is 35.5. The van der Waals surface area contributed by atoms with Crippen molar-refractivity contribution in [2.45, 2.75) is 41.5 Å². The molecule has 0 unspecified atom stereocenters. The number of hydrogen-bond acceptors (Lipinski definition) is 5. The molecule has 30 heavy (non-hydrogen) atoms. The second kappa shape index (κ2) is 11.6. The van der Waals surface area contributed by atoms with E-state index in [2.05, 4.69) is 24.2 Å². The molecule has 162 valence electrons. The third-order valence-electron chi connectivity index (χ3n) is 4.27. The van der Waals surface area contributed by atoms with Crippen LogP contribution in [0.1, 0.15) is 49.3 Å². The van der Waals surface area contributed by atoms with Crippen LogP contribution in [-0.2, 0) is 4.79 Å². The first-order valence-electron chi connectivity index (χ1n) is 9.69. The summed E-state index contributed by atoms with van der Waals surface area (Å²) in [6.45, 7) is 11.6. The quantitative estimate of drug-likeness (QED) is 0.401. The predicted octanol–water partition coefficient (Wildman–Crippen LogP) is 5.43. The molecule has 6 nitrogen and oxygen atoms in total. The van der Waals surface area contributed by atoms with Crippen molar-refractivity contribution in [3.05, 3.63) is 50.9 Å². The Morgan fingerprint density at radius 2 is 1.73 bits per heavy atom. The first-order chi connectivity index (χ1) is 14.2. The van der Waals surface area contributed by atoms with Crippen LogP contribution in [0.15, 0.2) is 29.3 Å². The summed E-state index contributed by atoms with van der Waals surface area (Å²) in [5.41, 5.74) is 4.02. The van der Waals surface area contributed by atoms with E-state index in [1.54, 1.807) is 30.2 Å². The number of carbonyl (C=O) groups is 1. The number of nitrogens with zero attached hydrogens (tertiary/aromatic N) is 2. The number of rotatable bonds is 1. The fourth-order valence-electron chi connectivity index (χ4n) is 2.67. The second-order valence-corrected chi connectivity index (χ2v) is 7.95. The van der Waals surface area contributed by atoms with Crippen LogP contribution < -0.4 is 10.2 Å². The van der Waals surface area contributed by atoms with E-state index < -0.39 is 0 Å². The number of anilines is 1. The number of halogens is 1. The number of carbonyl (C=O) groups excluding carboxylic acids is 1. The van der Waals surface area contributed by atoms with Crippen LogP contribution in [0.2, 0.25) is 5.02 Å². The summed E-state index contributed by atoms with van der Waals surface area (Å²) >= 11 is 7.61. The van der Waals surface area contributed by atoms with Gasteiger partial charge in [-0.2, -0.15) is 0 Å². The Kier molecular flexibility index (Phi) is 9.89. The molecule has 0 fully saturated rings. The van der Waals surface area contributed by atoms with Crippen LogP contribution in [-0.4, -0.2) is 36.9 Å². The average Bonchev–Trinajstić information content (AvgIpc) is 2.90. The van der Waals surface area contributed by atoms with Crippen molar-refractivity contribution >= 4 is 51.2 Å². The molecule has 3 rings (SSSR count). The van der Waals surface area contributed by atoms with Gasteiger partial charge in [-0.1, -0.05) is 37.6 Å². The molecule has 0 saturated heterocycles. The molecule has 0 aliphatic carbocycles. The van der Waals surface area contributed by atoms with Gasteiger partial charge in [0.25, 0.3) is 0 Å². The number of benzene rings is 1. The number of amidine groups is 2. The highest BCUT2D eigenvalue weighted by Crippen LogP contribution is 2.38. The molecule has 2 heterocycles. The van der Waals surface area contributed by atoms with Gasteiger partial charge >= 0.3 is 0 Å². The Hall–Kier alpha value is -2.51. The second-order valence-electron chi connectivity index (χ2n) is 6.31. The minimum absolute atomic E-state index is 0.00463. The van der Waals surface area contributed by atoms with Crippen LogP contribution in [0.4, 0.5) is 5.00 Å². The topological polar surface area (TPSA) is 92.4 Å². The van der Waals surface area contributed by atoms with Crippen molar-refractivity contribution in [1.82, 2.24) is 5.32 Å². The van der Waals surface area contributed by atoms with Crippen molar-refractivity contribution in [2.75, 3.05) is 18.5 Å². The largest absolute Gasteiger partial charge is 0.359 e. The van der Waals surface area contributed by atoms with E-state index in [0.29, 0.717) is 16.7 Å². The number of fused-ring (bicyclic) bond motifs is 1. The molecule has 1 aliphatic heterocycles.